The zero-order valence-corrected chi connectivity index (χ0v) is 12.2. The Morgan fingerprint density at radius 1 is 1.20 bits per heavy atom. The molecule has 0 unspecified atom stereocenters. The Morgan fingerprint density at radius 3 is 2.75 bits per heavy atom. The lowest BCUT2D eigenvalue weighted by Gasteiger charge is -2.08. The molecule has 0 atom stereocenters. The van der Waals surface area contributed by atoms with E-state index in [2.05, 4.69) is 12.2 Å². The second-order valence-corrected chi connectivity index (χ2v) is 4.84. The zero-order valence-electron chi connectivity index (χ0n) is 12.2. The monoisotopic (exact) mass is 278 g/mol. The number of amides is 1. The number of rotatable bonds is 10. The SMILES string of the molecule is CCCCCCCNC(=O)COc1cccc(C[O])c1. The van der Waals surface area contributed by atoms with E-state index in [-0.39, 0.29) is 19.1 Å². The first-order chi connectivity index (χ1) is 9.76. The molecule has 0 aliphatic heterocycles. The third kappa shape index (κ3) is 7.14. The first kappa shape index (κ1) is 16.5. The van der Waals surface area contributed by atoms with Crippen LogP contribution in [0.2, 0.25) is 0 Å². The van der Waals surface area contributed by atoms with Gasteiger partial charge in [-0.15, -0.1) is 0 Å². The van der Waals surface area contributed by atoms with Crippen LogP contribution in [0.25, 0.3) is 0 Å². The molecule has 0 saturated carbocycles. The van der Waals surface area contributed by atoms with Gasteiger partial charge in [-0.1, -0.05) is 44.7 Å². The van der Waals surface area contributed by atoms with Crippen molar-refractivity contribution in [2.75, 3.05) is 13.2 Å². The van der Waals surface area contributed by atoms with Crippen molar-refractivity contribution in [2.24, 2.45) is 0 Å². The van der Waals surface area contributed by atoms with Gasteiger partial charge >= 0.3 is 0 Å². The number of nitrogens with one attached hydrogen (secondary N) is 1. The fourth-order valence-electron chi connectivity index (χ4n) is 1.88. The van der Waals surface area contributed by atoms with E-state index in [0.29, 0.717) is 17.9 Å². The Bertz CT molecular complexity index is 393. The molecular weight excluding hydrogens is 254 g/mol. The summed E-state index contributed by atoms with van der Waals surface area (Å²) in [5, 5.41) is 13.6. The molecule has 1 N–H and O–H groups in total. The van der Waals surface area contributed by atoms with Crippen LogP contribution in [0.15, 0.2) is 24.3 Å². The molecule has 0 bridgehead atoms. The summed E-state index contributed by atoms with van der Waals surface area (Å²) in [7, 11) is 0. The molecule has 1 radical (unpaired) electrons. The van der Waals surface area contributed by atoms with E-state index in [9.17, 15) is 9.90 Å². The van der Waals surface area contributed by atoms with Gasteiger partial charge in [0.05, 0.1) is 0 Å². The summed E-state index contributed by atoms with van der Waals surface area (Å²) in [4.78, 5) is 11.6. The molecule has 4 nitrogen and oxygen atoms in total. The number of carbonyl (C=O) groups is 1. The average molecular weight is 278 g/mol. The standard InChI is InChI=1S/C16H24NO3/c1-2-3-4-5-6-10-17-16(19)13-20-15-9-7-8-14(11-15)12-18/h7-9,11H,2-6,10,12-13H2,1H3,(H,17,19). The highest BCUT2D eigenvalue weighted by atomic mass is 16.5. The van der Waals surface area contributed by atoms with Crippen molar-refractivity contribution < 1.29 is 14.6 Å². The second-order valence-electron chi connectivity index (χ2n) is 4.84. The van der Waals surface area contributed by atoms with Crippen molar-refractivity contribution in [1.29, 1.82) is 0 Å². The topological polar surface area (TPSA) is 58.2 Å². The van der Waals surface area contributed by atoms with Crippen molar-refractivity contribution in [3.8, 4) is 5.75 Å². The van der Waals surface area contributed by atoms with E-state index in [1.807, 2.05) is 0 Å². The Kier molecular flexibility index (Phi) is 8.47. The van der Waals surface area contributed by atoms with Gasteiger partial charge in [0.15, 0.2) is 6.61 Å². The Labute approximate surface area is 121 Å². The van der Waals surface area contributed by atoms with E-state index >= 15 is 0 Å². The third-order valence-electron chi connectivity index (χ3n) is 3.04. The molecular formula is C16H24NO3. The summed E-state index contributed by atoms with van der Waals surface area (Å²) in [6.45, 7) is 2.60. The smallest absolute Gasteiger partial charge is 0.257 e. The maximum Gasteiger partial charge on any atom is 0.257 e. The van der Waals surface area contributed by atoms with Crippen molar-refractivity contribution in [2.45, 2.75) is 45.6 Å². The fourth-order valence-corrected chi connectivity index (χ4v) is 1.88. The minimum absolute atomic E-state index is 0.00271. The van der Waals surface area contributed by atoms with Crippen LogP contribution >= 0.6 is 0 Å². The van der Waals surface area contributed by atoms with Gasteiger partial charge in [-0.05, 0) is 24.1 Å². The number of carbonyl (C=O) groups excluding carboxylic acids is 1. The van der Waals surface area contributed by atoms with Gasteiger partial charge in [-0.2, -0.15) is 0 Å². The quantitative estimate of drug-likeness (QED) is 0.669. The molecule has 20 heavy (non-hydrogen) atoms. The highest BCUT2D eigenvalue weighted by molar-refractivity contribution is 5.77. The molecule has 111 valence electrons. The van der Waals surface area contributed by atoms with Crippen LogP contribution in [0.1, 0.15) is 44.6 Å². The van der Waals surface area contributed by atoms with E-state index in [0.717, 1.165) is 12.8 Å². The van der Waals surface area contributed by atoms with Gasteiger partial charge in [0.1, 0.15) is 12.4 Å². The number of benzene rings is 1. The molecule has 1 amide bonds. The van der Waals surface area contributed by atoms with Crippen LogP contribution in [-0.4, -0.2) is 19.1 Å². The van der Waals surface area contributed by atoms with E-state index in [1.54, 1.807) is 24.3 Å². The predicted octanol–water partition coefficient (Wildman–Crippen LogP) is 3.08. The fraction of sp³-hybridized carbons (Fsp3) is 0.562. The highest BCUT2D eigenvalue weighted by Gasteiger charge is 2.02. The lowest BCUT2D eigenvalue weighted by molar-refractivity contribution is -0.123. The molecule has 0 aliphatic carbocycles. The van der Waals surface area contributed by atoms with Gasteiger partial charge in [0, 0.05) is 6.54 Å². The summed E-state index contributed by atoms with van der Waals surface area (Å²) in [5.41, 5.74) is 0.666. The normalized spacial score (nSPS) is 10.3. The Hall–Kier alpha value is -1.55. The first-order valence-electron chi connectivity index (χ1n) is 7.32. The summed E-state index contributed by atoms with van der Waals surface area (Å²) in [6.07, 6.45) is 5.87. The maximum absolute atomic E-state index is 11.6. The lowest BCUT2D eigenvalue weighted by Crippen LogP contribution is -2.29. The van der Waals surface area contributed by atoms with Crippen LogP contribution in [-0.2, 0) is 16.5 Å². The second kappa shape index (κ2) is 10.3. The van der Waals surface area contributed by atoms with Crippen LogP contribution in [0.5, 0.6) is 5.75 Å². The van der Waals surface area contributed by atoms with Gasteiger partial charge in [-0.3, -0.25) is 4.79 Å². The largest absolute Gasteiger partial charge is 0.484 e. The molecule has 0 saturated heterocycles. The zero-order chi connectivity index (χ0) is 14.6. The first-order valence-corrected chi connectivity index (χ1v) is 7.32. The highest BCUT2D eigenvalue weighted by Crippen LogP contribution is 2.13. The number of hydrogen-bond donors (Lipinski definition) is 1. The number of ether oxygens (including phenoxy) is 1. The van der Waals surface area contributed by atoms with Crippen LogP contribution in [0.4, 0.5) is 0 Å². The average Bonchev–Trinajstić information content (AvgIpc) is 2.49. The number of unbranched alkanes of at least 4 members (excludes halogenated alkanes) is 4. The van der Waals surface area contributed by atoms with Crippen LogP contribution in [0.3, 0.4) is 0 Å². The van der Waals surface area contributed by atoms with Crippen LogP contribution in [0, 0.1) is 0 Å². The summed E-state index contributed by atoms with van der Waals surface area (Å²) < 4.78 is 5.35. The molecule has 1 aromatic rings. The molecule has 1 rings (SSSR count). The number of hydrogen-bond acceptors (Lipinski definition) is 2. The molecule has 4 heteroatoms. The minimum Gasteiger partial charge on any atom is -0.484 e. The van der Waals surface area contributed by atoms with E-state index < -0.39 is 0 Å². The summed E-state index contributed by atoms with van der Waals surface area (Å²) in [5.74, 6) is 0.449. The van der Waals surface area contributed by atoms with Gasteiger partial charge in [-0.25, -0.2) is 5.11 Å². The van der Waals surface area contributed by atoms with Crippen molar-refractivity contribution in [1.82, 2.24) is 5.32 Å². The molecule has 0 aromatic heterocycles. The van der Waals surface area contributed by atoms with Gasteiger partial charge < -0.3 is 10.1 Å². The molecule has 0 spiro atoms. The molecule has 1 aromatic carbocycles. The molecule has 0 aliphatic rings. The van der Waals surface area contributed by atoms with Crippen molar-refractivity contribution in [3.63, 3.8) is 0 Å². The van der Waals surface area contributed by atoms with Gasteiger partial charge in [0.25, 0.3) is 5.91 Å². The predicted molar refractivity (Wildman–Crippen MR) is 78.1 cm³/mol. The molecule has 0 heterocycles. The minimum atomic E-state index is -0.277. The summed E-state index contributed by atoms with van der Waals surface area (Å²) in [6, 6.07) is 6.92. The lowest BCUT2D eigenvalue weighted by atomic mass is 10.1. The van der Waals surface area contributed by atoms with Crippen molar-refractivity contribution >= 4 is 5.91 Å². The van der Waals surface area contributed by atoms with E-state index in [1.165, 1.54) is 19.3 Å². The Morgan fingerprint density at radius 2 is 2.00 bits per heavy atom. The third-order valence-corrected chi connectivity index (χ3v) is 3.04. The molecule has 0 fully saturated rings. The Balaban J connectivity index is 2.13. The van der Waals surface area contributed by atoms with E-state index in [4.69, 9.17) is 4.74 Å². The van der Waals surface area contributed by atoms with Gasteiger partial charge in [0.2, 0.25) is 0 Å². The summed E-state index contributed by atoms with van der Waals surface area (Å²) >= 11 is 0. The van der Waals surface area contributed by atoms with Crippen LogP contribution < -0.4 is 10.1 Å². The van der Waals surface area contributed by atoms with Crippen molar-refractivity contribution in [3.05, 3.63) is 29.8 Å². The maximum atomic E-state index is 11.6.